The average Bonchev–Trinajstić information content (AvgIpc) is 3.09. The number of hydrogen-bond donors (Lipinski definition) is 1. The van der Waals surface area contributed by atoms with Crippen molar-refractivity contribution >= 4 is 39.7 Å². The minimum Gasteiger partial charge on any atom is -0.326 e. The molecule has 4 rings (SSSR count). The van der Waals surface area contributed by atoms with E-state index in [2.05, 4.69) is 5.32 Å². The summed E-state index contributed by atoms with van der Waals surface area (Å²) in [5.74, 6) is -0.681. The fourth-order valence-corrected chi connectivity index (χ4v) is 3.59. The molecule has 0 radical (unpaired) electrons. The zero-order valence-electron chi connectivity index (χ0n) is 15.5. The van der Waals surface area contributed by atoms with Crippen LogP contribution in [0.15, 0.2) is 66.7 Å². The Hall–Kier alpha value is -3.47. The first kappa shape index (κ1) is 17.9. The average molecular weight is 372 g/mol. The van der Waals surface area contributed by atoms with Gasteiger partial charge in [-0.1, -0.05) is 36.4 Å². The molecule has 5 heteroatoms. The lowest BCUT2D eigenvalue weighted by atomic mass is 10.1. The Kier molecular flexibility index (Phi) is 4.65. The SMILES string of the molecule is CC(=O)c1ccc(NC(=O)[C@@H]2CC(=O)N(c3cccc4ccccc34)C2)cc1. The second kappa shape index (κ2) is 7.27. The summed E-state index contributed by atoms with van der Waals surface area (Å²) in [4.78, 5) is 38.3. The Labute approximate surface area is 163 Å². The molecule has 1 fully saturated rings. The molecule has 0 bridgehead atoms. The van der Waals surface area contributed by atoms with Crippen molar-refractivity contribution in [3.05, 3.63) is 72.3 Å². The second-order valence-electron chi connectivity index (χ2n) is 7.03. The number of ketones is 1. The predicted molar refractivity (Wildman–Crippen MR) is 109 cm³/mol. The molecule has 3 aromatic carbocycles. The van der Waals surface area contributed by atoms with Gasteiger partial charge in [-0.15, -0.1) is 0 Å². The maximum atomic E-state index is 12.7. The van der Waals surface area contributed by atoms with E-state index in [4.69, 9.17) is 0 Å². The van der Waals surface area contributed by atoms with Crippen molar-refractivity contribution in [2.24, 2.45) is 5.92 Å². The van der Waals surface area contributed by atoms with Crippen LogP contribution in [0.3, 0.4) is 0 Å². The van der Waals surface area contributed by atoms with Gasteiger partial charge in [0, 0.05) is 29.6 Å². The van der Waals surface area contributed by atoms with Crippen molar-refractivity contribution < 1.29 is 14.4 Å². The Balaban J connectivity index is 1.51. The Bertz CT molecular complexity index is 1070. The number of Topliss-reactive ketones (excluding diaryl/α,β-unsaturated/α-hetero) is 1. The summed E-state index contributed by atoms with van der Waals surface area (Å²) in [5, 5.41) is 4.91. The van der Waals surface area contributed by atoms with Gasteiger partial charge in [0.15, 0.2) is 5.78 Å². The lowest BCUT2D eigenvalue weighted by Crippen LogP contribution is -2.28. The quantitative estimate of drug-likeness (QED) is 0.703. The van der Waals surface area contributed by atoms with Crippen molar-refractivity contribution in [2.45, 2.75) is 13.3 Å². The van der Waals surface area contributed by atoms with Crippen LogP contribution in [0.4, 0.5) is 11.4 Å². The maximum Gasteiger partial charge on any atom is 0.229 e. The van der Waals surface area contributed by atoms with Crippen LogP contribution in [0.5, 0.6) is 0 Å². The number of hydrogen-bond acceptors (Lipinski definition) is 3. The zero-order valence-corrected chi connectivity index (χ0v) is 15.5. The maximum absolute atomic E-state index is 12.7. The first-order valence-electron chi connectivity index (χ1n) is 9.23. The zero-order chi connectivity index (χ0) is 19.7. The van der Waals surface area contributed by atoms with Gasteiger partial charge in [-0.05, 0) is 42.6 Å². The van der Waals surface area contributed by atoms with E-state index < -0.39 is 5.92 Å². The number of nitrogens with one attached hydrogen (secondary N) is 1. The molecular formula is C23H20N2O3. The summed E-state index contributed by atoms with van der Waals surface area (Å²) in [5.41, 5.74) is 2.05. The van der Waals surface area contributed by atoms with E-state index in [1.54, 1.807) is 29.2 Å². The van der Waals surface area contributed by atoms with E-state index in [9.17, 15) is 14.4 Å². The molecule has 0 aromatic heterocycles. The molecule has 1 aliphatic rings. The highest BCUT2D eigenvalue weighted by atomic mass is 16.2. The molecule has 5 nitrogen and oxygen atoms in total. The predicted octanol–water partition coefficient (Wildman–Crippen LogP) is 4.03. The molecule has 1 heterocycles. The number of benzene rings is 3. The largest absolute Gasteiger partial charge is 0.326 e. The van der Waals surface area contributed by atoms with E-state index in [1.807, 2.05) is 42.5 Å². The molecule has 28 heavy (non-hydrogen) atoms. The van der Waals surface area contributed by atoms with Crippen molar-refractivity contribution in [1.82, 2.24) is 0 Å². The van der Waals surface area contributed by atoms with Gasteiger partial charge in [0.2, 0.25) is 11.8 Å². The van der Waals surface area contributed by atoms with Gasteiger partial charge in [-0.2, -0.15) is 0 Å². The third kappa shape index (κ3) is 3.39. The molecule has 0 aliphatic carbocycles. The molecule has 1 atom stereocenters. The Morgan fingerprint density at radius 3 is 2.43 bits per heavy atom. The van der Waals surface area contributed by atoms with E-state index in [0.29, 0.717) is 17.8 Å². The van der Waals surface area contributed by atoms with Crippen molar-refractivity contribution in [1.29, 1.82) is 0 Å². The standard InChI is InChI=1S/C23H20N2O3/c1-15(26)16-9-11-19(12-10-16)24-23(28)18-13-22(27)25(14-18)21-8-4-6-17-5-2-3-7-20(17)21/h2-12,18H,13-14H2,1H3,(H,24,28)/t18-/m1/s1. The number of amides is 2. The van der Waals surface area contributed by atoms with Gasteiger partial charge in [0.1, 0.15) is 0 Å². The van der Waals surface area contributed by atoms with Gasteiger partial charge in [-0.3, -0.25) is 14.4 Å². The molecule has 1 aliphatic heterocycles. The van der Waals surface area contributed by atoms with Crippen molar-refractivity contribution in [2.75, 3.05) is 16.8 Å². The van der Waals surface area contributed by atoms with Crippen molar-refractivity contribution in [3.8, 4) is 0 Å². The number of carbonyl (C=O) groups is 3. The summed E-state index contributed by atoms with van der Waals surface area (Å²) < 4.78 is 0. The van der Waals surface area contributed by atoms with Crippen LogP contribution >= 0.6 is 0 Å². The summed E-state index contributed by atoms with van der Waals surface area (Å²) in [7, 11) is 0. The molecule has 140 valence electrons. The monoisotopic (exact) mass is 372 g/mol. The number of nitrogens with zero attached hydrogens (tertiary/aromatic N) is 1. The molecule has 3 aromatic rings. The molecule has 2 amide bonds. The van der Waals surface area contributed by atoms with Gasteiger partial charge in [0.05, 0.1) is 11.6 Å². The number of carbonyl (C=O) groups excluding carboxylic acids is 3. The second-order valence-corrected chi connectivity index (χ2v) is 7.03. The molecule has 0 spiro atoms. The van der Waals surface area contributed by atoms with Crippen LogP contribution in [0.25, 0.3) is 10.8 Å². The minimum atomic E-state index is -0.418. The van der Waals surface area contributed by atoms with Crippen LogP contribution in [0.1, 0.15) is 23.7 Å². The summed E-state index contributed by atoms with van der Waals surface area (Å²) in [6.45, 7) is 1.85. The summed E-state index contributed by atoms with van der Waals surface area (Å²) >= 11 is 0. The summed E-state index contributed by atoms with van der Waals surface area (Å²) in [6, 6.07) is 20.5. The minimum absolute atomic E-state index is 0.0232. The van der Waals surface area contributed by atoms with Crippen LogP contribution in [0.2, 0.25) is 0 Å². The third-order valence-corrected chi connectivity index (χ3v) is 5.11. The van der Waals surface area contributed by atoms with Gasteiger partial charge >= 0.3 is 0 Å². The highest BCUT2D eigenvalue weighted by molar-refractivity contribution is 6.08. The van der Waals surface area contributed by atoms with Crippen LogP contribution in [-0.2, 0) is 9.59 Å². The summed E-state index contributed by atoms with van der Waals surface area (Å²) in [6.07, 6.45) is 0.181. The van der Waals surface area contributed by atoms with E-state index in [1.165, 1.54) is 6.92 Å². The third-order valence-electron chi connectivity index (χ3n) is 5.11. The lowest BCUT2D eigenvalue weighted by molar-refractivity contribution is -0.122. The molecule has 1 saturated heterocycles. The number of rotatable bonds is 4. The van der Waals surface area contributed by atoms with Gasteiger partial charge in [-0.25, -0.2) is 0 Å². The highest BCUT2D eigenvalue weighted by Crippen LogP contribution is 2.32. The van der Waals surface area contributed by atoms with E-state index in [0.717, 1.165) is 16.5 Å². The van der Waals surface area contributed by atoms with Crippen LogP contribution < -0.4 is 10.2 Å². The van der Waals surface area contributed by atoms with Crippen LogP contribution in [0, 0.1) is 5.92 Å². The Morgan fingerprint density at radius 1 is 0.964 bits per heavy atom. The number of anilines is 2. The topological polar surface area (TPSA) is 66.5 Å². The van der Waals surface area contributed by atoms with E-state index >= 15 is 0 Å². The van der Waals surface area contributed by atoms with Gasteiger partial charge < -0.3 is 10.2 Å². The first-order chi connectivity index (χ1) is 13.5. The molecular weight excluding hydrogens is 352 g/mol. The van der Waals surface area contributed by atoms with E-state index in [-0.39, 0.29) is 24.0 Å². The fourth-order valence-electron chi connectivity index (χ4n) is 3.59. The van der Waals surface area contributed by atoms with Crippen molar-refractivity contribution in [3.63, 3.8) is 0 Å². The Morgan fingerprint density at radius 2 is 1.68 bits per heavy atom. The van der Waals surface area contributed by atoms with Crippen LogP contribution in [-0.4, -0.2) is 24.1 Å². The number of fused-ring (bicyclic) bond motifs is 1. The molecule has 0 unspecified atom stereocenters. The molecule has 1 N–H and O–H groups in total. The lowest BCUT2D eigenvalue weighted by Gasteiger charge is -2.19. The smallest absolute Gasteiger partial charge is 0.229 e. The first-order valence-corrected chi connectivity index (χ1v) is 9.23. The highest BCUT2D eigenvalue weighted by Gasteiger charge is 2.35. The molecule has 0 saturated carbocycles. The normalized spacial score (nSPS) is 16.4. The van der Waals surface area contributed by atoms with Gasteiger partial charge in [0.25, 0.3) is 0 Å². The fraction of sp³-hybridized carbons (Fsp3) is 0.174.